The number of hydrogen-bond acceptors (Lipinski definition) is 1. The molecule has 1 atom stereocenters. The summed E-state index contributed by atoms with van der Waals surface area (Å²) < 4.78 is 13.1. The molecule has 1 aliphatic rings. The van der Waals surface area contributed by atoms with Gasteiger partial charge in [0.25, 0.3) is 0 Å². The van der Waals surface area contributed by atoms with E-state index in [-0.39, 0.29) is 5.82 Å². The zero-order valence-corrected chi connectivity index (χ0v) is 9.54. The Hall–Kier alpha value is -1.15. The number of rotatable bonds is 2. The fourth-order valence-electron chi connectivity index (χ4n) is 2.22. The molecular formula is C14H17FO. The zero-order valence-electron chi connectivity index (χ0n) is 9.54. The van der Waals surface area contributed by atoms with E-state index in [9.17, 15) is 9.50 Å². The molecule has 1 aromatic carbocycles. The van der Waals surface area contributed by atoms with E-state index in [1.54, 1.807) is 6.07 Å². The van der Waals surface area contributed by atoms with E-state index in [2.05, 4.69) is 0 Å². The van der Waals surface area contributed by atoms with E-state index >= 15 is 0 Å². The van der Waals surface area contributed by atoms with Crippen LogP contribution in [0.5, 0.6) is 0 Å². The minimum atomic E-state index is -0.781. The lowest BCUT2D eigenvalue weighted by Crippen LogP contribution is -2.30. The molecule has 86 valence electrons. The van der Waals surface area contributed by atoms with E-state index in [1.165, 1.54) is 12.1 Å². The van der Waals surface area contributed by atoms with Crippen molar-refractivity contribution in [2.45, 2.75) is 38.2 Å². The smallest absolute Gasteiger partial charge is 0.123 e. The molecule has 1 unspecified atom stereocenters. The first-order valence-electron chi connectivity index (χ1n) is 5.74. The van der Waals surface area contributed by atoms with Gasteiger partial charge >= 0.3 is 0 Å². The molecule has 0 radical (unpaired) electrons. The van der Waals surface area contributed by atoms with E-state index in [4.69, 9.17) is 0 Å². The van der Waals surface area contributed by atoms with Gasteiger partial charge in [-0.1, -0.05) is 18.2 Å². The lowest BCUT2D eigenvalue weighted by atomic mass is 9.84. The second-order valence-corrected chi connectivity index (χ2v) is 4.65. The number of aliphatic hydroxyl groups is 1. The van der Waals surface area contributed by atoms with Crippen LogP contribution in [0.1, 0.15) is 30.4 Å². The van der Waals surface area contributed by atoms with Crippen molar-refractivity contribution in [1.29, 1.82) is 0 Å². The second kappa shape index (κ2) is 4.38. The highest BCUT2D eigenvalue weighted by atomic mass is 19.1. The molecule has 0 aliphatic heterocycles. The normalized spacial score (nSPS) is 24.7. The summed E-state index contributed by atoms with van der Waals surface area (Å²) in [4.78, 5) is 0. The van der Waals surface area contributed by atoms with Gasteiger partial charge in [0.2, 0.25) is 0 Å². The first-order chi connectivity index (χ1) is 7.59. The lowest BCUT2D eigenvalue weighted by molar-refractivity contribution is 0.0749. The van der Waals surface area contributed by atoms with Crippen LogP contribution in [-0.2, 0) is 6.42 Å². The monoisotopic (exact) mass is 220 g/mol. The standard InChI is InChI=1S/C14H17FO/c1-11-5-6-13(15)9-12(11)10-14(16)7-3-2-4-8-14/h3,5-7,9,16H,2,4,8,10H2,1H3. The maximum absolute atomic E-state index is 13.1. The summed E-state index contributed by atoms with van der Waals surface area (Å²) in [5, 5.41) is 10.3. The molecule has 2 heteroatoms. The van der Waals surface area contributed by atoms with Crippen molar-refractivity contribution in [3.8, 4) is 0 Å². The van der Waals surface area contributed by atoms with Crippen LogP contribution in [0.15, 0.2) is 30.4 Å². The quantitative estimate of drug-likeness (QED) is 0.759. The molecule has 0 saturated carbocycles. The first-order valence-corrected chi connectivity index (χ1v) is 5.74. The molecule has 1 N–H and O–H groups in total. The molecule has 1 nitrogen and oxygen atoms in total. The van der Waals surface area contributed by atoms with Gasteiger partial charge in [-0.3, -0.25) is 0 Å². The van der Waals surface area contributed by atoms with Crippen LogP contribution in [-0.4, -0.2) is 10.7 Å². The fraction of sp³-hybridized carbons (Fsp3) is 0.429. The summed E-state index contributed by atoms with van der Waals surface area (Å²) in [6.45, 7) is 1.95. The molecule has 0 bridgehead atoms. The average molecular weight is 220 g/mol. The SMILES string of the molecule is Cc1ccc(F)cc1CC1(O)C=CCCC1. The predicted octanol–water partition coefficient (Wildman–Crippen LogP) is 3.15. The van der Waals surface area contributed by atoms with E-state index < -0.39 is 5.60 Å². The number of aryl methyl sites for hydroxylation is 1. The van der Waals surface area contributed by atoms with E-state index in [0.29, 0.717) is 6.42 Å². The second-order valence-electron chi connectivity index (χ2n) is 4.65. The Morgan fingerprint density at radius 2 is 2.25 bits per heavy atom. The first kappa shape index (κ1) is 11.3. The third-order valence-corrected chi connectivity index (χ3v) is 3.22. The molecule has 0 aromatic heterocycles. The third kappa shape index (κ3) is 2.50. The number of hydrogen-bond donors (Lipinski definition) is 1. The van der Waals surface area contributed by atoms with Crippen LogP contribution in [0.2, 0.25) is 0 Å². The lowest BCUT2D eigenvalue weighted by Gasteiger charge is -2.28. The highest BCUT2D eigenvalue weighted by Crippen LogP contribution is 2.27. The van der Waals surface area contributed by atoms with E-state index in [1.807, 2.05) is 19.1 Å². The summed E-state index contributed by atoms with van der Waals surface area (Å²) in [7, 11) is 0. The molecule has 2 rings (SSSR count). The van der Waals surface area contributed by atoms with Gasteiger partial charge < -0.3 is 5.11 Å². The van der Waals surface area contributed by atoms with E-state index in [0.717, 1.165) is 30.4 Å². The average Bonchev–Trinajstić information content (AvgIpc) is 2.24. The van der Waals surface area contributed by atoms with Crippen molar-refractivity contribution in [2.24, 2.45) is 0 Å². The Morgan fingerprint density at radius 1 is 1.44 bits per heavy atom. The van der Waals surface area contributed by atoms with Crippen LogP contribution in [0.3, 0.4) is 0 Å². The Kier molecular flexibility index (Phi) is 3.10. The van der Waals surface area contributed by atoms with Gasteiger partial charge in [0.05, 0.1) is 5.60 Å². The van der Waals surface area contributed by atoms with Gasteiger partial charge in [-0.25, -0.2) is 4.39 Å². The maximum Gasteiger partial charge on any atom is 0.123 e. The molecule has 0 saturated heterocycles. The van der Waals surface area contributed by atoms with Crippen LogP contribution in [0.25, 0.3) is 0 Å². The van der Waals surface area contributed by atoms with Gasteiger partial charge in [-0.05, 0) is 49.4 Å². The summed E-state index contributed by atoms with van der Waals surface area (Å²) in [5.41, 5.74) is 1.15. The third-order valence-electron chi connectivity index (χ3n) is 3.22. The van der Waals surface area contributed by atoms with Crippen LogP contribution < -0.4 is 0 Å². The maximum atomic E-state index is 13.1. The molecule has 1 aliphatic carbocycles. The van der Waals surface area contributed by atoms with Gasteiger partial charge in [-0.15, -0.1) is 0 Å². The minimum Gasteiger partial charge on any atom is -0.385 e. The summed E-state index contributed by atoms with van der Waals surface area (Å²) in [5.74, 6) is -0.232. The fourth-order valence-corrected chi connectivity index (χ4v) is 2.22. The molecule has 0 fully saturated rings. The van der Waals surface area contributed by atoms with Crippen LogP contribution in [0.4, 0.5) is 4.39 Å². The summed E-state index contributed by atoms with van der Waals surface area (Å²) >= 11 is 0. The van der Waals surface area contributed by atoms with Crippen LogP contribution >= 0.6 is 0 Å². The number of halogens is 1. The molecular weight excluding hydrogens is 203 g/mol. The van der Waals surface area contributed by atoms with Crippen molar-refractivity contribution in [3.05, 3.63) is 47.3 Å². The molecule has 1 aromatic rings. The Labute approximate surface area is 95.6 Å². The molecule has 0 heterocycles. The minimum absolute atomic E-state index is 0.232. The zero-order chi connectivity index (χ0) is 11.6. The highest BCUT2D eigenvalue weighted by molar-refractivity contribution is 5.29. The van der Waals surface area contributed by atoms with Crippen molar-refractivity contribution in [3.63, 3.8) is 0 Å². The van der Waals surface area contributed by atoms with Crippen molar-refractivity contribution >= 4 is 0 Å². The Balaban J connectivity index is 2.22. The van der Waals surface area contributed by atoms with Gasteiger partial charge in [0.15, 0.2) is 0 Å². The number of benzene rings is 1. The largest absolute Gasteiger partial charge is 0.385 e. The van der Waals surface area contributed by atoms with Gasteiger partial charge in [-0.2, -0.15) is 0 Å². The predicted molar refractivity (Wildman–Crippen MR) is 62.8 cm³/mol. The Morgan fingerprint density at radius 3 is 2.94 bits per heavy atom. The highest BCUT2D eigenvalue weighted by Gasteiger charge is 2.26. The molecule has 0 amide bonds. The summed E-state index contributed by atoms with van der Waals surface area (Å²) in [6, 6.07) is 4.75. The molecule has 16 heavy (non-hydrogen) atoms. The van der Waals surface area contributed by atoms with Crippen molar-refractivity contribution in [1.82, 2.24) is 0 Å². The number of allylic oxidation sites excluding steroid dienone is 1. The van der Waals surface area contributed by atoms with Crippen molar-refractivity contribution < 1.29 is 9.50 Å². The van der Waals surface area contributed by atoms with Crippen LogP contribution in [0, 0.1) is 12.7 Å². The molecule has 0 spiro atoms. The van der Waals surface area contributed by atoms with Gasteiger partial charge in [0.1, 0.15) is 5.82 Å². The van der Waals surface area contributed by atoms with Gasteiger partial charge in [0, 0.05) is 6.42 Å². The van der Waals surface area contributed by atoms with Crippen molar-refractivity contribution in [2.75, 3.05) is 0 Å². The summed E-state index contributed by atoms with van der Waals surface area (Å²) in [6.07, 6.45) is 7.18. The Bertz CT molecular complexity index is 411. The topological polar surface area (TPSA) is 20.2 Å².